The highest BCUT2D eigenvalue weighted by Crippen LogP contribution is 2.30. The van der Waals surface area contributed by atoms with Crippen LogP contribution in [0.1, 0.15) is 33.6 Å². The van der Waals surface area contributed by atoms with Crippen LogP contribution >= 0.6 is 0 Å². The molecule has 1 N–H and O–H groups in total. The summed E-state index contributed by atoms with van der Waals surface area (Å²) in [6.07, 6.45) is 3.18. The standard InChI is InChI=1S/C15H30N2O2/c1-4-16-10-15(6-5-7-18-12-15)11-17-8-13(2)19-14(3)9-17/h13-14,16H,4-12H2,1-3H3/t13-,14+,15?. The molecule has 1 unspecified atom stereocenters. The minimum atomic E-state index is 0.297. The predicted octanol–water partition coefficient (Wildman–Crippen LogP) is 1.50. The summed E-state index contributed by atoms with van der Waals surface area (Å²) >= 11 is 0. The zero-order valence-corrected chi connectivity index (χ0v) is 12.8. The summed E-state index contributed by atoms with van der Waals surface area (Å²) in [5.74, 6) is 0. The third kappa shape index (κ3) is 4.42. The second-order valence-corrected chi connectivity index (χ2v) is 6.39. The van der Waals surface area contributed by atoms with Crippen LogP contribution in [-0.2, 0) is 9.47 Å². The van der Waals surface area contributed by atoms with Crippen molar-refractivity contribution in [3.05, 3.63) is 0 Å². The highest BCUT2D eigenvalue weighted by atomic mass is 16.5. The van der Waals surface area contributed by atoms with Crippen LogP contribution in [0.25, 0.3) is 0 Å². The number of nitrogens with zero attached hydrogens (tertiary/aromatic N) is 1. The summed E-state index contributed by atoms with van der Waals surface area (Å²) in [5.41, 5.74) is 0.297. The Morgan fingerprint density at radius 3 is 2.58 bits per heavy atom. The molecule has 0 spiro atoms. The van der Waals surface area contributed by atoms with Gasteiger partial charge in [-0.25, -0.2) is 0 Å². The molecule has 2 fully saturated rings. The molecule has 2 aliphatic rings. The summed E-state index contributed by atoms with van der Waals surface area (Å²) in [5, 5.41) is 3.53. The van der Waals surface area contributed by atoms with E-state index in [1.165, 1.54) is 12.8 Å². The molecule has 2 heterocycles. The summed E-state index contributed by atoms with van der Waals surface area (Å²) in [7, 11) is 0. The largest absolute Gasteiger partial charge is 0.381 e. The van der Waals surface area contributed by atoms with Crippen molar-refractivity contribution in [2.45, 2.75) is 45.8 Å². The minimum absolute atomic E-state index is 0.297. The molecule has 4 heteroatoms. The van der Waals surface area contributed by atoms with E-state index in [-0.39, 0.29) is 0 Å². The molecule has 2 saturated heterocycles. The Hall–Kier alpha value is -0.160. The fraction of sp³-hybridized carbons (Fsp3) is 1.00. The molecule has 2 aliphatic heterocycles. The molecule has 4 nitrogen and oxygen atoms in total. The normalized spacial score (nSPS) is 37.4. The van der Waals surface area contributed by atoms with Gasteiger partial charge in [0, 0.05) is 38.2 Å². The van der Waals surface area contributed by atoms with Crippen LogP contribution in [0.2, 0.25) is 0 Å². The van der Waals surface area contributed by atoms with Gasteiger partial charge in [-0.1, -0.05) is 6.92 Å². The summed E-state index contributed by atoms with van der Waals surface area (Å²) in [6, 6.07) is 0. The van der Waals surface area contributed by atoms with Crippen molar-refractivity contribution in [1.82, 2.24) is 10.2 Å². The smallest absolute Gasteiger partial charge is 0.0678 e. The average Bonchev–Trinajstić information content (AvgIpc) is 2.36. The molecule has 3 atom stereocenters. The summed E-state index contributed by atoms with van der Waals surface area (Å²) in [6.45, 7) is 13.7. The molecule has 0 aromatic heterocycles. The Morgan fingerprint density at radius 2 is 2.00 bits per heavy atom. The van der Waals surface area contributed by atoms with Crippen LogP contribution in [0.15, 0.2) is 0 Å². The lowest BCUT2D eigenvalue weighted by atomic mass is 9.81. The van der Waals surface area contributed by atoms with Crippen molar-refractivity contribution in [2.75, 3.05) is 45.9 Å². The van der Waals surface area contributed by atoms with Gasteiger partial charge in [0.1, 0.15) is 0 Å². The van der Waals surface area contributed by atoms with Crippen LogP contribution in [-0.4, -0.2) is 63.0 Å². The third-order valence-electron chi connectivity index (χ3n) is 4.21. The number of nitrogens with one attached hydrogen (secondary N) is 1. The first-order valence-electron chi connectivity index (χ1n) is 7.80. The lowest BCUT2D eigenvalue weighted by Gasteiger charge is -2.44. The maximum absolute atomic E-state index is 5.83. The van der Waals surface area contributed by atoms with Crippen molar-refractivity contribution in [3.63, 3.8) is 0 Å². The highest BCUT2D eigenvalue weighted by molar-refractivity contribution is 4.89. The van der Waals surface area contributed by atoms with Gasteiger partial charge in [0.05, 0.1) is 18.8 Å². The van der Waals surface area contributed by atoms with Crippen molar-refractivity contribution in [3.8, 4) is 0 Å². The van der Waals surface area contributed by atoms with E-state index in [0.29, 0.717) is 17.6 Å². The van der Waals surface area contributed by atoms with Gasteiger partial charge in [-0.3, -0.25) is 4.90 Å². The lowest BCUT2D eigenvalue weighted by molar-refractivity contribution is -0.0930. The van der Waals surface area contributed by atoms with E-state index in [4.69, 9.17) is 9.47 Å². The molecule has 0 aromatic rings. The van der Waals surface area contributed by atoms with E-state index >= 15 is 0 Å². The number of hydrogen-bond acceptors (Lipinski definition) is 4. The highest BCUT2D eigenvalue weighted by Gasteiger charge is 2.36. The maximum atomic E-state index is 5.83. The molecule has 2 rings (SSSR count). The van der Waals surface area contributed by atoms with Crippen LogP contribution in [0.3, 0.4) is 0 Å². The second-order valence-electron chi connectivity index (χ2n) is 6.39. The minimum Gasteiger partial charge on any atom is -0.381 e. The van der Waals surface area contributed by atoms with Gasteiger partial charge in [0.15, 0.2) is 0 Å². The Morgan fingerprint density at radius 1 is 1.26 bits per heavy atom. The van der Waals surface area contributed by atoms with Crippen molar-refractivity contribution in [2.24, 2.45) is 5.41 Å². The molecule has 0 bridgehead atoms. The molecule has 0 aliphatic carbocycles. The number of rotatable bonds is 5. The van der Waals surface area contributed by atoms with Gasteiger partial charge in [-0.15, -0.1) is 0 Å². The predicted molar refractivity (Wildman–Crippen MR) is 77.5 cm³/mol. The van der Waals surface area contributed by atoms with Crippen molar-refractivity contribution >= 4 is 0 Å². The van der Waals surface area contributed by atoms with Crippen LogP contribution in [0, 0.1) is 5.41 Å². The maximum Gasteiger partial charge on any atom is 0.0678 e. The van der Waals surface area contributed by atoms with Crippen molar-refractivity contribution in [1.29, 1.82) is 0 Å². The van der Waals surface area contributed by atoms with E-state index in [1.54, 1.807) is 0 Å². The van der Waals surface area contributed by atoms with Crippen LogP contribution < -0.4 is 5.32 Å². The van der Waals surface area contributed by atoms with E-state index in [0.717, 1.165) is 45.9 Å². The van der Waals surface area contributed by atoms with Gasteiger partial charge in [0.2, 0.25) is 0 Å². The monoisotopic (exact) mass is 270 g/mol. The SMILES string of the molecule is CCNCC1(CN2C[C@@H](C)O[C@@H](C)C2)CCCOC1. The van der Waals surface area contributed by atoms with Crippen LogP contribution in [0.5, 0.6) is 0 Å². The second kappa shape index (κ2) is 7.02. The van der Waals surface area contributed by atoms with Gasteiger partial charge in [0.25, 0.3) is 0 Å². The molecule has 0 saturated carbocycles. The molecule has 19 heavy (non-hydrogen) atoms. The molecule has 0 aromatic carbocycles. The molecule has 0 amide bonds. The van der Waals surface area contributed by atoms with Crippen molar-refractivity contribution < 1.29 is 9.47 Å². The number of hydrogen-bond donors (Lipinski definition) is 1. The topological polar surface area (TPSA) is 33.7 Å². The van der Waals surface area contributed by atoms with Gasteiger partial charge >= 0.3 is 0 Å². The lowest BCUT2D eigenvalue weighted by Crippen LogP contribution is -2.54. The zero-order chi connectivity index (χ0) is 13.7. The zero-order valence-electron chi connectivity index (χ0n) is 12.8. The molecule has 0 radical (unpaired) electrons. The summed E-state index contributed by atoms with van der Waals surface area (Å²) in [4.78, 5) is 2.57. The van der Waals surface area contributed by atoms with Gasteiger partial charge in [-0.2, -0.15) is 0 Å². The van der Waals surface area contributed by atoms with E-state index in [1.807, 2.05) is 0 Å². The Kier molecular flexibility index (Phi) is 5.63. The Labute approximate surface area is 117 Å². The van der Waals surface area contributed by atoms with Crippen LogP contribution in [0.4, 0.5) is 0 Å². The summed E-state index contributed by atoms with van der Waals surface area (Å²) < 4.78 is 11.6. The fourth-order valence-corrected chi connectivity index (χ4v) is 3.51. The molecular weight excluding hydrogens is 240 g/mol. The first-order chi connectivity index (χ1) is 9.13. The third-order valence-corrected chi connectivity index (χ3v) is 4.21. The first kappa shape index (κ1) is 15.2. The van der Waals surface area contributed by atoms with E-state index < -0.39 is 0 Å². The molecular formula is C15H30N2O2. The number of morpholine rings is 1. The van der Waals surface area contributed by atoms with Gasteiger partial charge in [-0.05, 0) is 33.2 Å². The Balaban J connectivity index is 1.94. The average molecular weight is 270 g/mol. The Bertz CT molecular complexity index is 257. The quantitative estimate of drug-likeness (QED) is 0.821. The van der Waals surface area contributed by atoms with Gasteiger partial charge < -0.3 is 14.8 Å². The fourth-order valence-electron chi connectivity index (χ4n) is 3.51. The van der Waals surface area contributed by atoms with E-state index in [9.17, 15) is 0 Å². The first-order valence-corrected chi connectivity index (χ1v) is 7.80. The van der Waals surface area contributed by atoms with E-state index in [2.05, 4.69) is 31.0 Å². The molecule has 112 valence electrons. The number of ether oxygens (including phenoxy) is 2.